The first-order valence-electron chi connectivity index (χ1n) is 8.28. The normalized spacial score (nSPS) is 11.7. The van der Waals surface area contributed by atoms with Crippen molar-refractivity contribution in [1.82, 2.24) is 10.6 Å². The molecule has 0 spiro atoms. The Morgan fingerprint density at radius 1 is 1.04 bits per heavy atom. The van der Waals surface area contributed by atoms with E-state index in [-0.39, 0.29) is 43.4 Å². The largest absolute Gasteiger partial charge is 0.480 e. The van der Waals surface area contributed by atoms with E-state index in [9.17, 15) is 19.2 Å². The van der Waals surface area contributed by atoms with E-state index in [0.29, 0.717) is 5.56 Å². The highest BCUT2D eigenvalue weighted by Crippen LogP contribution is 2.10. The van der Waals surface area contributed by atoms with Gasteiger partial charge in [-0.1, -0.05) is 41.9 Å². The zero-order valence-electron chi connectivity index (χ0n) is 14.8. The number of carboxylic acid groups (broad SMARTS) is 1. The van der Waals surface area contributed by atoms with Gasteiger partial charge >= 0.3 is 5.97 Å². The number of benzene rings is 1. The highest BCUT2D eigenvalue weighted by molar-refractivity contribution is 9.10. The van der Waals surface area contributed by atoms with E-state index in [1.165, 1.54) is 0 Å². The topological polar surface area (TPSA) is 113 Å². The molecule has 7 nitrogen and oxygen atoms in total. The lowest BCUT2D eigenvalue weighted by atomic mass is 10.0. The molecule has 142 valence electrons. The smallest absolute Gasteiger partial charge is 0.326 e. The number of aliphatic carboxylic acids is 1. The van der Waals surface area contributed by atoms with Crippen molar-refractivity contribution in [3.8, 4) is 0 Å². The number of nitrogens with one attached hydrogen (secondary N) is 2. The summed E-state index contributed by atoms with van der Waals surface area (Å²) in [5, 5.41) is 14.0. The quantitative estimate of drug-likeness (QED) is 0.496. The number of carbonyl (C=O) groups excluding carboxylic acids is 3. The molecular formula is C18H23BrN2O5. The average molecular weight is 427 g/mol. The summed E-state index contributed by atoms with van der Waals surface area (Å²) >= 11 is 3.28. The molecule has 1 atom stereocenters. The number of rotatable bonds is 10. The van der Waals surface area contributed by atoms with Crippen LogP contribution in [0.5, 0.6) is 0 Å². The maximum Gasteiger partial charge on any atom is 0.326 e. The van der Waals surface area contributed by atoms with Crippen molar-refractivity contribution in [2.45, 2.75) is 39.2 Å². The second-order valence-electron chi connectivity index (χ2n) is 6.19. The number of Topliss-reactive ketones (excluding diaryl/α,β-unsaturated/α-hetero) is 1. The van der Waals surface area contributed by atoms with Gasteiger partial charge in [0, 0.05) is 22.9 Å². The monoisotopic (exact) mass is 426 g/mol. The van der Waals surface area contributed by atoms with Gasteiger partial charge in [0.25, 0.3) is 0 Å². The van der Waals surface area contributed by atoms with Crippen LogP contribution in [0.25, 0.3) is 0 Å². The first-order valence-corrected chi connectivity index (χ1v) is 9.07. The van der Waals surface area contributed by atoms with Crippen LogP contribution in [0.4, 0.5) is 0 Å². The molecule has 0 aromatic heterocycles. The highest BCUT2D eigenvalue weighted by atomic mass is 79.9. The van der Waals surface area contributed by atoms with Gasteiger partial charge in [-0.15, -0.1) is 0 Å². The molecule has 0 fully saturated rings. The van der Waals surface area contributed by atoms with Gasteiger partial charge in [0.1, 0.15) is 6.04 Å². The van der Waals surface area contributed by atoms with Gasteiger partial charge in [0.15, 0.2) is 5.78 Å². The minimum atomic E-state index is -1.09. The van der Waals surface area contributed by atoms with Crippen LogP contribution < -0.4 is 10.6 Å². The van der Waals surface area contributed by atoms with Crippen molar-refractivity contribution in [2.24, 2.45) is 5.92 Å². The van der Waals surface area contributed by atoms with E-state index in [2.05, 4.69) is 26.6 Å². The van der Waals surface area contributed by atoms with Crippen molar-refractivity contribution >= 4 is 39.5 Å². The van der Waals surface area contributed by atoms with Gasteiger partial charge in [-0.05, 0) is 24.5 Å². The summed E-state index contributed by atoms with van der Waals surface area (Å²) < 4.78 is 0.860. The van der Waals surface area contributed by atoms with Gasteiger partial charge in [-0.3, -0.25) is 14.4 Å². The molecule has 8 heteroatoms. The Labute approximate surface area is 160 Å². The molecule has 1 aromatic carbocycles. The number of hydrogen-bond acceptors (Lipinski definition) is 4. The number of halogens is 1. The maximum atomic E-state index is 11.9. The minimum absolute atomic E-state index is 0.0462. The zero-order valence-corrected chi connectivity index (χ0v) is 16.3. The lowest BCUT2D eigenvalue weighted by molar-refractivity contribution is -0.143. The summed E-state index contributed by atoms with van der Waals surface area (Å²) in [7, 11) is 0. The predicted molar refractivity (Wildman–Crippen MR) is 99.7 cm³/mol. The molecule has 0 saturated heterocycles. The Bertz CT molecular complexity index is 658. The Hall–Kier alpha value is -2.22. The van der Waals surface area contributed by atoms with Crippen molar-refractivity contribution in [3.63, 3.8) is 0 Å². The Balaban J connectivity index is 2.29. The summed E-state index contributed by atoms with van der Waals surface area (Å²) in [6, 6.07) is 5.87. The van der Waals surface area contributed by atoms with Crippen molar-refractivity contribution in [1.29, 1.82) is 0 Å². The van der Waals surface area contributed by atoms with Crippen molar-refractivity contribution in [2.75, 3.05) is 6.54 Å². The molecule has 1 aromatic rings. The number of amides is 2. The Morgan fingerprint density at radius 3 is 2.15 bits per heavy atom. The third-order valence-corrected chi connectivity index (χ3v) is 4.20. The molecular weight excluding hydrogens is 404 g/mol. The average Bonchev–Trinajstić information content (AvgIpc) is 2.57. The maximum absolute atomic E-state index is 11.9. The molecule has 0 saturated carbocycles. The summed E-state index contributed by atoms with van der Waals surface area (Å²) in [5.74, 6) is -2.27. The number of carboxylic acids is 1. The van der Waals surface area contributed by atoms with Crippen molar-refractivity contribution in [3.05, 3.63) is 34.3 Å². The second-order valence-corrected chi connectivity index (χ2v) is 7.10. The van der Waals surface area contributed by atoms with Crippen LogP contribution in [0, 0.1) is 5.92 Å². The van der Waals surface area contributed by atoms with Crippen LogP contribution in [0.1, 0.15) is 43.5 Å². The van der Waals surface area contributed by atoms with Gasteiger partial charge in [0.05, 0.1) is 6.54 Å². The first-order chi connectivity index (χ1) is 12.2. The van der Waals surface area contributed by atoms with Crippen LogP contribution in [0.2, 0.25) is 0 Å². The second kappa shape index (κ2) is 10.7. The molecule has 3 N–H and O–H groups in total. The number of carbonyl (C=O) groups is 4. The Kier molecular flexibility index (Phi) is 8.98. The zero-order chi connectivity index (χ0) is 19.7. The van der Waals surface area contributed by atoms with E-state index in [1.807, 2.05) is 0 Å². The highest BCUT2D eigenvalue weighted by Gasteiger charge is 2.23. The number of hydrogen-bond donors (Lipinski definition) is 3. The molecule has 0 unspecified atom stereocenters. The van der Waals surface area contributed by atoms with Crippen LogP contribution in [-0.4, -0.2) is 41.3 Å². The molecule has 26 heavy (non-hydrogen) atoms. The Morgan fingerprint density at radius 2 is 1.62 bits per heavy atom. The van der Waals surface area contributed by atoms with Crippen LogP contribution in [0.3, 0.4) is 0 Å². The molecule has 0 heterocycles. The fourth-order valence-electron chi connectivity index (χ4n) is 2.17. The molecule has 0 aliphatic carbocycles. The summed E-state index contributed by atoms with van der Waals surface area (Å²) in [6.07, 6.45) is 0.402. The van der Waals surface area contributed by atoms with Crippen LogP contribution in [0.15, 0.2) is 28.7 Å². The van der Waals surface area contributed by atoms with E-state index < -0.39 is 17.9 Å². The van der Waals surface area contributed by atoms with Crippen LogP contribution >= 0.6 is 15.9 Å². The van der Waals surface area contributed by atoms with E-state index >= 15 is 0 Å². The third kappa shape index (κ3) is 7.77. The lowest BCUT2D eigenvalue weighted by Crippen LogP contribution is -2.44. The van der Waals surface area contributed by atoms with E-state index in [0.717, 1.165) is 4.47 Å². The van der Waals surface area contributed by atoms with Crippen molar-refractivity contribution < 1.29 is 24.3 Å². The summed E-state index contributed by atoms with van der Waals surface area (Å²) in [5.41, 5.74) is 0.501. The number of ketones is 1. The fraction of sp³-hybridized carbons (Fsp3) is 0.444. The predicted octanol–water partition coefficient (Wildman–Crippen LogP) is 2.14. The third-order valence-electron chi connectivity index (χ3n) is 3.67. The lowest BCUT2D eigenvalue weighted by Gasteiger charge is -2.17. The van der Waals surface area contributed by atoms with Gasteiger partial charge in [-0.2, -0.15) is 0 Å². The molecule has 0 bridgehead atoms. The fourth-order valence-corrected chi connectivity index (χ4v) is 2.44. The SMILES string of the molecule is CC(C)[C@H](NC(=O)CCCC(=O)NCC(=O)c1ccc(Br)cc1)C(=O)O. The van der Waals surface area contributed by atoms with E-state index in [4.69, 9.17) is 5.11 Å². The molecule has 2 amide bonds. The summed E-state index contributed by atoms with van der Waals surface area (Å²) in [4.78, 5) is 46.5. The molecule has 0 radical (unpaired) electrons. The summed E-state index contributed by atoms with van der Waals surface area (Å²) in [6.45, 7) is 3.30. The minimum Gasteiger partial charge on any atom is -0.480 e. The standard InChI is InChI=1S/C18H23BrN2O5/c1-11(2)17(18(25)26)21-16(24)5-3-4-15(23)20-10-14(22)12-6-8-13(19)9-7-12/h6-9,11,17H,3-5,10H2,1-2H3,(H,20,23)(H,21,24)(H,25,26)/t17-/m0/s1. The molecule has 0 aliphatic heterocycles. The van der Waals surface area contributed by atoms with Gasteiger partial charge in [-0.25, -0.2) is 4.79 Å². The van der Waals surface area contributed by atoms with Gasteiger partial charge < -0.3 is 15.7 Å². The molecule has 1 rings (SSSR count). The van der Waals surface area contributed by atoms with E-state index in [1.54, 1.807) is 38.1 Å². The van der Waals surface area contributed by atoms with Gasteiger partial charge in [0.2, 0.25) is 11.8 Å². The first kappa shape index (κ1) is 21.8. The molecule has 0 aliphatic rings. The van der Waals surface area contributed by atoms with Crippen LogP contribution in [-0.2, 0) is 14.4 Å².